The number of halogens is 1. The van der Waals surface area contributed by atoms with Crippen molar-refractivity contribution in [1.29, 1.82) is 0 Å². The van der Waals surface area contributed by atoms with E-state index >= 15 is 0 Å². The van der Waals surface area contributed by atoms with Gasteiger partial charge in [-0.2, -0.15) is 0 Å². The Bertz CT molecular complexity index is 652. The van der Waals surface area contributed by atoms with Crippen molar-refractivity contribution >= 4 is 40.1 Å². The first-order chi connectivity index (χ1) is 10.0. The van der Waals surface area contributed by atoms with Crippen molar-refractivity contribution in [1.82, 2.24) is 9.88 Å². The average molecular weight is 322 g/mol. The van der Waals surface area contributed by atoms with Crippen molar-refractivity contribution in [3.63, 3.8) is 0 Å². The third-order valence-electron chi connectivity index (χ3n) is 2.58. The molecule has 0 saturated heterocycles. The van der Waals surface area contributed by atoms with Gasteiger partial charge in [0, 0.05) is 23.0 Å². The molecule has 0 atom stereocenters. The SMILES string of the molecule is CN(C)Cc1csc(NC(=O)/C=C/c2ccccc2Cl)n1. The van der Waals surface area contributed by atoms with Gasteiger partial charge in [0.1, 0.15) is 0 Å². The Hall–Kier alpha value is -1.69. The van der Waals surface area contributed by atoms with Gasteiger partial charge in [0.15, 0.2) is 5.13 Å². The van der Waals surface area contributed by atoms with Crippen molar-refractivity contribution < 1.29 is 4.79 Å². The molecular weight excluding hydrogens is 306 g/mol. The van der Waals surface area contributed by atoms with Crippen LogP contribution in [0.4, 0.5) is 5.13 Å². The highest BCUT2D eigenvalue weighted by atomic mass is 35.5. The van der Waals surface area contributed by atoms with Gasteiger partial charge in [-0.15, -0.1) is 11.3 Å². The normalized spacial score (nSPS) is 11.2. The van der Waals surface area contributed by atoms with Crippen molar-refractivity contribution in [2.75, 3.05) is 19.4 Å². The predicted molar refractivity (Wildman–Crippen MR) is 88.6 cm³/mol. The number of hydrogen-bond acceptors (Lipinski definition) is 4. The summed E-state index contributed by atoms with van der Waals surface area (Å²) in [6, 6.07) is 7.36. The van der Waals surface area contributed by atoms with E-state index in [1.54, 1.807) is 12.1 Å². The van der Waals surface area contributed by atoms with Crippen LogP contribution in [-0.4, -0.2) is 29.9 Å². The average Bonchev–Trinajstić information content (AvgIpc) is 2.84. The van der Waals surface area contributed by atoms with Crippen molar-refractivity contribution in [2.45, 2.75) is 6.54 Å². The Morgan fingerprint density at radius 2 is 2.19 bits per heavy atom. The summed E-state index contributed by atoms with van der Waals surface area (Å²) < 4.78 is 0. The largest absolute Gasteiger partial charge is 0.304 e. The zero-order valence-electron chi connectivity index (χ0n) is 11.8. The highest BCUT2D eigenvalue weighted by Crippen LogP contribution is 2.18. The smallest absolute Gasteiger partial charge is 0.250 e. The quantitative estimate of drug-likeness (QED) is 0.857. The number of carbonyl (C=O) groups is 1. The molecule has 0 aliphatic rings. The van der Waals surface area contributed by atoms with Crippen molar-refractivity contribution in [3.05, 3.63) is 52.0 Å². The summed E-state index contributed by atoms with van der Waals surface area (Å²) in [6.07, 6.45) is 3.14. The second-order valence-electron chi connectivity index (χ2n) is 4.73. The van der Waals surface area contributed by atoms with Gasteiger partial charge in [0.05, 0.1) is 5.69 Å². The monoisotopic (exact) mass is 321 g/mol. The standard InChI is InChI=1S/C15H16ClN3OS/c1-19(2)9-12-10-21-15(17-12)18-14(20)8-7-11-5-3-4-6-13(11)16/h3-8,10H,9H2,1-2H3,(H,17,18,20)/b8-7+. The van der Waals surface area contributed by atoms with Crippen LogP contribution in [0.1, 0.15) is 11.3 Å². The molecule has 6 heteroatoms. The minimum absolute atomic E-state index is 0.222. The van der Waals surface area contributed by atoms with Crippen LogP contribution in [0.15, 0.2) is 35.7 Å². The first-order valence-corrected chi connectivity index (χ1v) is 7.63. The van der Waals surface area contributed by atoms with Crippen LogP contribution >= 0.6 is 22.9 Å². The van der Waals surface area contributed by atoms with Crippen LogP contribution in [0.25, 0.3) is 6.08 Å². The molecule has 1 N–H and O–H groups in total. The minimum atomic E-state index is -0.222. The summed E-state index contributed by atoms with van der Waals surface area (Å²) >= 11 is 7.44. The maximum absolute atomic E-state index is 11.8. The molecule has 21 heavy (non-hydrogen) atoms. The predicted octanol–water partition coefficient (Wildman–Crippen LogP) is 3.51. The Morgan fingerprint density at radius 3 is 2.90 bits per heavy atom. The lowest BCUT2D eigenvalue weighted by Gasteiger charge is -2.05. The fraction of sp³-hybridized carbons (Fsp3) is 0.200. The van der Waals surface area contributed by atoms with Gasteiger partial charge in [-0.05, 0) is 31.8 Å². The van der Waals surface area contributed by atoms with Crippen molar-refractivity contribution in [3.8, 4) is 0 Å². The number of aromatic nitrogens is 1. The number of rotatable bonds is 5. The number of anilines is 1. The van der Waals surface area contributed by atoms with E-state index in [1.807, 2.05) is 42.6 Å². The lowest BCUT2D eigenvalue weighted by molar-refractivity contribution is -0.111. The first kappa shape index (κ1) is 15.7. The van der Waals surface area contributed by atoms with Gasteiger partial charge in [0.25, 0.3) is 0 Å². The number of thiazole rings is 1. The fourth-order valence-electron chi connectivity index (χ4n) is 1.68. The van der Waals surface area contributed by atoms with Crippen LogP contribution < -0.4 is 5.32 Å². The number of nitrogens with one attached hydrogen (secondary N) is 1. The Balaban J connectivity index is 1.95. The van der Waals surface area contributed by atoms with Gasteiger partial charge >= 0.3 is 0 Å². The van der Waals surface area contributed by atoms with E-state index < -0.39 is 0 Å². The van der Waals surface area contributed by atoms with E-state index in [0.717, 1.165) is 17.8 Å². The number of hydrogen-bond donors (Lipinski definition) is 1. The third kappa shape index (κ3) is 4.97. The molecule has 2 rings (SSSR count). The maximum Gasteiger partial charge on any atom is 0.250 e. The van der Waals surface area contributed by atoms with Crippen LogP contribution in [0, 0.1) is 0 Å². The highest BCUT2D eigenvalue weighted by Gasteiger charge is 2.05. The highest BCUT2D eigenvalue weighted by molar-refractivity contribution is 7.13. The number of amides is 1. The van der Waals surface area contributed by atoms with Crippen LogP contribution in [0.5, 0.6) is 0 Å². The van der Waals surface area contributed by atoms with Gasteiger partial charge < -0.3 is 4.90 Å². The molecular formula is C15H16ClN3OS. The van der Waals surface area contributed by atoms with Crippen LogP contribution in [0.2, 0.25) is 5.02 Å². The van der Waals surface area contributed by atoms with E-state index in [-0.39, 0.29) is 5.91 Å². The second-order valence-corrected chi connectivity index (χ2v) is 5.99. The molecule has 0 saturated carbocycles. The van der Waals surface area contributed by atoms with E-state index in [9.17, 15) is 4.79 Å². The minimum Gasteiger partial charge on any atom is -0.304 e. The molecule has 0 bridgehead atoms. The molecule has 110 valence electrons. The summed E-state index contributed by atoms with van der Waals surface area (Å²) in [5.74, 6) is -0.222. The summed E-state index contributed by atoms with van der Waals surface area (Å²) in [4.78, 5) is 18.2. The molecule has 0 spiro atoms. The maximum atomic E-state index is 11.8. The molecule has 4 nitrogen and oxygen atoms in total. The van der Waals surface area contributed by atoms with Crippen LogP contribution in [0.3, 0.4) is 0 Å². The molecule has 1 amide bonds. The van der Waals surface area contributed by atoms with Gasteiger partial charge in [-0.25, -0.2) is 4.98 Å². The molecule has 0 unspecified atom stereocenters. The van der Waals surface area contributed by atoms with E-state index in [1.165, 1.54) is 17.4 Å². The fourth-order valence-corrected chi connectivity index (χ4v) is 2.59. The summed E-state index contributed by atoms with van der Waals surface area (Å²) in [7, 11) is 3.95. The Morgan fingerprint density at radius 1 is 1.43 bits per heavy atom. The molecule has 1 aromatic carbocycles. The van der Waals surface area contributed by atoms with Gasteiger partial charge in [-0.1, -0.05) is 29.8 Å². The zero-order chi connectivity index (χ0) is 15.2. The first-order valence-electron chi connectivity index (χ1n) is 6.37. The molecule has 0 radical (unpaired) electrons. The Labute approximate surface area is 133 Å². The third-order valence-corrected chi connectivity index (χ3v) is 3.73. The van der Waals surface area contributed by atoms with E-state index in [2.05, 4.69) is 10.3 Å². The van der Waals surface area contributed by atoms with E-state index in [4.69, 9.17) is 11.6 Å². The summed E-state index contributed by atoms with van der Waals surface area (Å²) in [6.45, 7) is 0.752. The number of nitrogens with zero attached hydrogens (tertiary/aromatic N) is 2. The van der Waals surface area contributed by atoms with Crippen LogP contribution in [-0.2, 0) is 11.3 Å². The van der Waals surface area contributed by atoms with E-state index in [0.29, 0.717) is 10.2 Å². The topological polar surface area (TPSA) is 45.2 Å². The Kier molecular flexibility index (Phi) is 5.50. The molecule has 1 heterocycles. The van der Waals surface area contributed by atoms with Gasteiger partial charge in [0.2, 0.25) is 5.91 Å². The molecule has 0 aliphatic heterocycles. The lowest BCUT2D eigenvalue weighted by atomic mass is 10.2. The summed E-state index contributed by atoms with van der Waals surface area (Å²) in [5, 5.41) is 5.90. The molecule has 2 aromatic rings. The second kappa shape index (κ2) is 7.36. The van der Waals surface area contributed by atoms with Crippen molar-refractivity contribution in [2.24, 2.45) is 0 Å². The number of benzene rings is 1. The lowest BCUT2D eigenvalue weighted by Crippen LogP contribution is -2.11. The molecule has 1 aromatic heterocycles. The summed E-state index contributed by atoms with van der Waals surface area (Å²) in [5.41, 5.74) is 1.75. The van der Waals surface area contributed by atoms with Gasteiger partial charge in [-0.3, -0.25) is 10.1 Å². The zero-order valence-corrected chi connectivity index (χ0v) is 13.4. The number of carbonyl (C=O) groups excluding carboxylic acids is 1. The molecule has 0 fully saturated rings. The molecule has 0 aliphatic carbocycles.